The van der Waals surface area contributed by atoms with Crippen LogP contribution in [0.25, 0.3) is 83.9 Å². The predicted octanol–water partition coefficient (Wildman–Crippen LogP) is 14.4. The summed E-state index contributed by atoms with van der Waals surface area (Å²) in [5.74, 6) is 3.11. The fourth-order valence-corrected chi connectivity index (χ4v) is 10.7. The Morgan fingerprint density at radius 2 is 1.01 bits per heavy atom. The summed E-state index contributed by atoms with van der Waals surface area (Å²) in [4.78, 5) is 26.7. The van der Waals surface area contributed by atoms with E-state index in [4.69, 9.17) is 24.9 Å². The van der Waals surface area contributed by atoms with Crippen molar-refractivity contribution in [1.29, 1.82) is 0 Å². The number of nitrogens with zero attached hydrogens (tertiary/aromatic N) is 6. The lowest BCUT2D eigenvalue weighted by Gasteiger charge is -2.28. The summed E-state index contributed by atoms with van der Waals surface area (Å²) in [6.45, 7) is 4.64. The fourth-order valence-electron chi connectivity index (χ4n) is 10.7. The average Bonchev–Trinajstić information content (AvgIpc) is 3.90. The fraction of sp³-hybridized carbons (Fsp3) is 0.0635. The van der Waals surface area contributed by atoms with Gasteiger partial charge < -0.3 is 9.88 Å². The van der Waals surface area contributed by atoms with Crippen molar-refractivity contribution in [2.24, 2.45) is 9.98 Å². The van der Waals surface area contributed by atoms with Crippen molar-refractivity contribution in [1.82, 2.24) is 24.8 Å². The monoisotopic (exact) mass is 899 g/mol. The lowest BCUT2D eigenvalue weighted by molar-refractivity contribution is 0.650. The summed E-state index contributed by atoms with van der Waals surface area (Å²) in [5.41, 5.74) is 15.8. The van der Waals surface area contributed by atoms with Crippen LogP contribution in [0, 0.1) is 0 Å². The maximum Gasteiger partial charge on any atom is 0.164 e. The maximum atomic E-state index is 5.50. The third-order valence-corrected chi connectivity index (χ3v) is 13.9. The molecule has 2 aromatic heterocycles. The molecule has 7 nitrogen and oxygen atoms in total. The Morgan fingerprint density at radius 1 is 0.443 bits per heavy atom. The van der Waals surface area contributed by atoms with Crippen LogP contribution in [0.15, 0.2) is 234 Å². The molecule has 70 heavy (non-hydrogen) atoms. The zero-order valence-corrected chi connectivity index (χ0v) is 38.6. The van der Waals surface area contributed by atoms with E-state index in [1.54, 1.807) is 0 Å². The van der Waals surface area contributed by atoms with Crippen molar-refractivity contribution in [2.45, 2.75) is 25.4 Å². The molecule has 0 radical (unpaired) electrons. The smallest absolute Gasteiger partial charge is 0.164 e. The minimum absolute atomic E-state index is 0.255. The van der Waals surface area contributed by atoms with E-state index in [-0.39, 0.29) is 5.41 Å². The largest absolute Gasteiger partial charge is 0.344 e. The molecule has 1 aliphatic heterocycles. The van der Waals surface area contributed by atoms with E-state index in [0.29, 0.717) is 23.3 Å². The van der Waals surface area contributed by atoms with Crippen molar-refractivity contribution in [3.05, 3.63) is 252 Å². The van der Waals surface area contributed by atoms with Crippen molar-refractivity contribution in [3.8, 4) is 62.1 Å². The van der Waals surface area contributed by atoms with Gasteiger partial charge in [0.25, 0.3) is 0 Å². The molecule has 7 heteroatoms. The Labute approximate surface area is 406 Å². The van der Waals surface area contributed by atoms with Crippen LogP contribution in [0.2, 0.25) is 0 Å². The molecule has 1 unspecified atom stereocenters. The van der Waals surface area contributed by atoms with Crippen LogP contribution in [0.3, 0.4) is 0 Å². The average molecular weight is 900 g/mol. The van der Waals surface area contributed by atoms with Gasteiger partial charge in [-0.2, -0.15) is 0 Å². The number of aromatic nitrogens is 4. The molecule has 2 aliphatic rings. The van der Waals surface area contributed by atoms with E-state index < -0.39 is 6.17 Å². The Bertz CT molecular complexity index is 3820. The van der Waals surface area contributed by atoms with Crippen molar-refractivity contribution >= 4 is 33.5 Å². The molecule has 0 spiro atoms. The van der Waals surface area contributed by atoms with Gasteiger partial charge >= 0.3 is 0 Å². The molecule has 0 bridgehead atoms. The lowest BCUT2D eigenvalue weighted by Crippen LogP contribution is -2.35. The second-order valence-corrected chi connectivity index (χ2v) is 18.5. The van der Waals surface area contributed by atoms with Crippen molar-refractivity contribution in [2.75, 3.05) is 0 Å². The van der Waals surface area contributed by atoms with Crippen LogP contribution >= 0.6 is 0 Å². The highest BCUT2D eigenvalue weighted by molar-refractivity contribution is 6.18. The first-order valence-electron chi connectivity index (χ1n) is 23.8. The second kappa shape index (κ2) is 16.6. The lowest BCUT2D eigenvalue weighted by atomic mass is 9.80. The quantitative estimate of drug-likeness (QED) is 0.165. The van der Waals surface area contributed by atoms with Gasteiger partial charge in [-0.1, -0.05) is 208 Å². The van der Waals surface area contributed by atoms with Crippen LogP contribution in [0.5, 0.6) is 0 Å². The van der Waals surface area contributed by atoms with Gasteiger partial charge in [0.05, 0.1) is 11.0 Å². The summed E-state index contributed by atoms with van der Waals surface area (Å²) in [6.07, 6.45) is -0.404. The standard InChI is InChI=1S/C63H45N7/c1-63(2)52-34-17-15-29-46(52)48-32-19-33-50(56(48)63)61-66-59(42-25-11-5-12-26-42)65-60(69-61)43-37-38-45(47-31-20-36-54-55(47)49-30-16-18-35-53(49)70(54)44-27-13-6-14-28-44)51(39-43)62-67-57(40-21-7-3-8-22-40)64-58(68-62)41-23-9-4-10-24-41/h3-39,59H,1-2H3,(H,65,66,69). The molecule has 0 saturated carbocycles. The number of fused-ring (bicyclic) bond motifs is 6. The Hall–Kier alpha value is -9.07. The van der Waals surface area contributed by atoms with E-state index in [0.717, 1.165) is 77.8 Å². The minimum atomic E-state index is -0.404. The molecule has 332 valence electrons. The highest BCUT2D eigenvalue weighted by Crippen LogP contribution is 2.50. The number of hydrogen-bond acceptors (Lipinski definition) is 6. The van der Waals surface area contributed by atoms with Crippen LogP contribution in [0.1, 0.15) is 47.8 Å². The van der Waals surface area contributed by atoms with Crippen molar-refractivity contribution in [3.63, 3.8) is 0 Å². The van der Waals surface area contributed by atoms with Crippen LogP contribution in [-0.2, 0) is 5.41 Å². The zero-order chi connectivity index (χ0) is 46.8. The van der Waals surface area contributed by atoms with Crippen LogP contribution in [0.4, 0.5) is 0 Å². The number of amidine groups is 2. The van der Waals surface area contributed by atoms with Gasteiger partial charge in [-0.25, -0.2) is 24.9 Å². The summed E-state index contributed by atoms with van der Waals surface area (Å²) < 4.78 is 2.36. The first-order valence-corrected chi connectivity index (χ1v) is 23.8. The normalized spacial score (nSPS) is 14.7. The number of para-hydroxylation sites is 2. The van der Waals surface area contributed by atoms with Gasteiger partial charge in [0, 0.05) is 49.7 Å². The van der Waals surface area contributed by atoms with Gasteiger partial charge in [0.1, 0.15) is 12.0 Å². The molecule has 13 rings (SSSR count). The first-order chi connectivity index (χ1) is 34.5. The Kier molecular flexibility index (Phi) is 9.76. The Morgan fingerprint density at radius 3 is 1.76 bits per heavy atom. The molecule has 9 aromatic carbocycles. The Balaban J connectivity index is 1.07. The molecule has 0 saturated heterocycles. The van der Waals surface area contributed by atoms with E-state index >= 15 is 0 Å². The molecule has 0 fully saturated rings. The van der Waals surface area contributed by atoms with Gasteiger partial charge in [0.2, 0.25) is 0 Å². The molecule has 3 heterocycles. The minimum Gasteiger partial charge on any atom is -0.344 e. The SMILES string of the molecule is CC1(C)c2ccccc2-c2cccc(C3=NC(c4ccc(-c5cccc6c5c5ccccc5n6-c5ccccc5)c(-c5nc(-c6ccccc6)nc(-c6ccccc6)n5)c4)=NC(c4ccccc4)N3)c21. The molecule has 1 atom stereocenters. The molecule has 1 aliphatic carbocycles. The van der Waals surface area contributed by atoms with Crippen LogP contribution < -0.4 is 5.32 Å². The first kappa shape index (κ1) is 41.1. The maximum absolute atomic E-state index is 5.50. The summed E-state index contributed by atoms with van der Waals surface area (Å²) in [7, 11) is 0. The molecule has 11 aromatic rings. The highest BCUT2D eigenvalue weighted by atomic mass is 15.2. The summed E-state index contributed by atoms with van der Waals surface area (Å²) in [5, 5.41) is 6.09. The highest BCUT2D eigenvalue weighted by Gasteiger charge is 2.39. The third kappa shape index (κ3) is 6.85. The van der Waals surface area contributed by atoms with Crippen molar-refractivity contribution < 1.29 is 0 Å². The van der Waals surface area contributed by atoms with E-state index in [9.17, 15) is 0 Å². The number of rotatable bonds is 8. The van der Waals surface area contributed by atoms with E-state index in [1.165, 1.54) is 22.3 Å². The molecular weight excluding hydrogens is 855 g/mol. The summed E-state index contributed by atoms with van der Waals surface area (Å²) >= 11 is 0. The van der Waals surface area contributed by atoms with Gasteiger partial charge in [-0.15, -0.1) is 0 Å². The molecule has 1 N–H and O–H groups in total. The van der Waals surface area contributed by atoms with E-state index in [2.05, 4.69) is 181 Å². The van der Waals surface area contributed by atoms with E-state index in [1.807, 2.05) is 66.7 Å². The van der Waals surface area contributed by atoms with Crippen LogP contribution in [-0.4, -0.2) is 31.2 Å². The van der Waals surface area contributed by atoms with Gasteiger partial charge in [-0.05, 0) is 69.3 Å². The molecular formula is C63H45N7. The number of benzene rings is 9. The number of hydrogen-bond donors (Lipinski definition) is 1. The summed E-state index contributed by atoms with van der Waals surface area (Å²) in [6, 6.07) is 78.5. The second-order valence-electron chi connectivity index (χ2n) is 18.5. The number of aliphatic imine (C=N–C) groups is 2. The van der Waals surface area contributed by atoms with Gasteiger partial charge in [-0.3, -0.25) is 0 Å². The third-order valence-electron chi connectivity index (χ3n) is 13.9. The predicted molar refractivity (Wildman–Crippen MR) is 285 cm³/mol. The molecule has 0 amide bonds. The topological polar surface area (TPSA) is 80.3 Å². The number of nitrogens with one attached hydrogen (secondary N) is 1. The zero-order valence-electron chi connectivity index (χ0n) is 38.6. The van der Waals surface area contributed by atoms with Gasteiger partial charge in [0.15, 0.2) is 23.3 Å².